The van der Waals surface area contributed by atoms with Crippen LogP contribution in [0.3, 0.4) is 0 Å². The SMILES string of the molecule is CSc1nc(=O)n(COCCOC(C)=O)c2c1CCCC2. The molecule has 0 aromatic carbocycles. The Bertz CT molecular complexity index is 571. The summed E-state index contributed by atoms with van der Waals surface area (Å²) in [4.78, 5) is 26.9. The number of hydrogen-bond donors (Lipinski definition) is 0. The largest absolute Gasteiger partial charge is 0.463 e. The van der Waals surface area contributed by atoms with E-state index in [1.54, 1.807) is 4.57 Å². The summed E-state index contributed by atoms with van der Waals surface area (Å²) in [6.45, 7) is 1.98. The third-order valence-electron chi connectivity index (χ3n) is 3.40. The summed E-state index contributed by atoms with van der Waals surface area (Å²) < 4.78 is 11.8. The topological polar surface area (TPSA) is 70.4 Å². The first-order chi connectivity index (χ1) is 10.1. The van der Waals surface area contributed by atoms with E-state index in [2.05, 4.69) is 4.98 Å². The van der Waals surface area contributed by atoms with Gasteiger partial charge in [0.05, 0.1) is 6.61 Å². The molecule has 0 N–H and O–H groups in total. The van der Waals surface area contributed by atoms with Crippen molar-refractivity contribution < 1.29 is 14.3 Å². The van der Waals surface area contributed by atoms with Gasteiger partial charge in [0.1, 0.15) is 18.4 Å². The Morgan fingerprint density at radius 2 is 2.10 bits per heavy atom. The second kappa shape index (κ2) is 7.61. The molecule has 0 spiro atoms. The number of aromatic nitrogens is 2. The smallest absolute Gasteiger partial charge is 0.350 e. The van der Waals surface area contributed by atoms with Crippen molar-refractivity contribution in [2.75, 3.05) is 19.5 Å². The van der Waals surface area contributed by atoms with Crippen molar-refractivity contribution in [1.82, 2.24) is 9.55 Å². The first-order valence-corrected chi connectivity index (χ1v) is 8.23. The molecule has 0 aliphatic heterocycles. The molecule has 116 valence electrons. The van der Waals surface area contributed by atoms with Gasteiger partial charge in [-0.25, -0.2) is 4.79 Å². The monoisotopic (exact) mass is 312 g/mol. The van der Waals surface area contributed by atoms with Crippen LogP contribution in [0.25, 0.3) is 0 Å². The first-order valence-electron chi connectivity index (χ1n) is 7.01. The van der Waals surface area contributed by atoms with Gasteiger partial charge in [-0.15, -0.1) is 11.8 Å². The predicted octanol–water partition coefficient (Wildman–Crippen LogP) is 1.38. The normalized spacial score (nSPS) is 13.8. The Hall–Kier alpha value is -1.34. The first kappa shape index (κ1) is 16.0. The molecular formula is C14H20N2O4S. The highest BCUT2D eigenvalue weighted by Crippen LogP contribution is 2.26. The molecule has 0 amide bonds. The van der Waals surface area contributed by atoms with Gasteiger partial charge in [-0.3, -0.25) is 9.36 Å². The van der Waals surface area contributed by atoms with E-state index in [-0.39, 0.29) is 31.6 Å². The number of carbonyl (C=O) groups excluding carboxylic acids is 1. The Morgan fingerprint density at radius 1 is 1.33 bits per heavy atom. The van der Waals surface area contributed by atoms with E-state index in [1.807, 2.05) is 6.26 Å². The highest BCUT2D eigenvalue weighted by atomic mass is 32.2. The molecule has 1 aliphatic rings. The average Bonchev–Trinajstić information content (AvgIpc) is 2.48. The third kappa shape index (κ3) is 4.07. The lowest BCUT2D eigenvalue weighted by molar-refractivity contribution is -0.142. The average molecular weight is 312 g/mol. The van der Waals surface area contributed by atoms with Crippen molar-refractivity contribution >= 4 is 17.7 Å². The Morgan fingerprint density at radius 3 is 2.81 bits per heavy atom. The number of fused-ring (bicyclic) bond motifs is 1. The van der Waals surface area contributed by atoms with Gasteiger partial charge >= 0.3 is 11.7 Å². The van der Waals surface area contributed by atoms with Crippen molar-refractivity contribution in [2.24, 2.45) is 0 Å². The maximum atomic E-state index is 12.1. The third-order valence-corrected chi connectivity index (χ3v) is 4.12. The van der Waals surface area contributed by atoms with Crippen molar-refractivity contribution in [3.63, 3.8) is 0 Å². The molecule has 1 aromatic heterocycles. The zero-order valence-electron chi connectivity index (χ0n) is 12.4. The van der Waals surface area contributed by atoms with Crippen molar-refractivity contribution in [1.29, 1.82) is 0 Å². The van der Waals surface area contributed by atoms with Crippen LogP contribution < -0.4 is 5.69 Å². The molecule has 1 aliphatic carbocycles. The van der Waals surface area contributed by atoms with Gasteiger partial charge < -0.3 is 9.47 Å². The fourth-order valence-corrected chi connectivity index (χ4v) is 3.09. The molecule has 1 heterocycles. The van der Waals surface area contributed by atoms with E-state index in [0.717, 1.165) is 36.4 Å². The summed E-state index contributed by atoms with van der Waals surface area (Å²) in [6, 6.07) is 0. The molecule has 6 nitrogen and oxygen atoms in total. The minimum absolute atomic E-state index is 0.157. The molecular weight excluding hydrogens is 292 g/mol. The minimum Gasteiger partial charge on any atom is -0.463 e. The fourth-order valence-electron chi connectivity index (χ4n) is 2.45. The van der Waals surface area contributed by atoms with Crippen LogP contribution in [0.4, 0.5) is 0 Å². The summed E-state index contributed by atoms with van der Waals surface area (Å²) in [7, 11) is 0. The zero-order valence-corrected chi connectivity index (χ0v) is 13.2. The van der Waals surface area contributed by atoms with Crippen molar-refractivity contribution in [3.8, 4) is 0 Å². The molecule has 0 saturated heterocycles. The maximum Gasteiger partial charge on any atom is 0.350 e. The highest BCUT2D eigenvalue weighted by molar-refractivity contribution is 7.98. The summed E-state index contributed by atoms with van der Waals surface area (Å²) in [6.07, 6.45) is 6.00. The van der Waals surface area contributed by atoms with Gasteiger partial charge in [0.15, 0.2) is 0 Å². The number of rotatable bonds is 6. The van der Waals surface area contributed by atoms with Crippen LogP contribution in [0, 0.1) is 0 Å². The summed E-state index contributed by atoms with van der Waals surface area (Å²) in [5.74, 6) is -0.334. The molecule has 0 bridgehead atoms. The standard InChI is InChI=1S/C14H20N2O4S/c1-10(17)20-8-7-19-9-16-12-6-4-3-5-11(12)13(21-2)15-14(16)18/h3-9H2,1-2H3. The lowest BCUT2D eigenvalue weighted by Gasteiger charge is -2.22. The molecule has 7 heteroatoms. The quantitative estimate of drug-likeness (QED) is 0.342. The van der Waals surface area contributed by atoms with E-state index in [4.69, 9.17) is 9.47 Å². The van der Waals surface area contributed by atoms with Crippen LogP contribution in [0.15, 0.2) is 9.82 Å². The maximum absolute atomic E-state index is 12.1. The summed E-state index contributed by atoms with van der Waals surface area (Å²) in [5, 5.41) is 0.839. The number of thioether (sulfide) groups is 1. The second-order valence-corrected chi connectivity index (χ2v) is 5.64. The number of ether oxygens (including phenoxy) is 2. The summed E-state index contributed by atoms with van der Waals surface area (Å²) in [5.41, 5.74) is 1.95. The molecule has 2 rings (SSSR count). The Balaban J connectivity index is 2.08. The van der Waals surface area contributed by atoms with Crippen LogP contribution in [-0.4, -0.2) is 35.0 Å². The van der Waals surface area contributed by atoms with Gasteiger partial charge in [-0.1, -0.05) is 0 Å². The molecule has 21 heavy (non-hydrogen) atoms. The predicted molar refractivity (Wildman–Crippen MR) is 79.5 cm³/mol. The Kier molecular flexibility index (Phi) is 5.81. The highest BCUT2D eigenvalue weighted by Gasteiger charge is 2.19. The minimum atomic E-state index is -0.334. The molecule has 0 radical (unpaired) electrons. The van der Waals surface area contributed by atoms with E-state index < -0.39 is 0 Å². The van der Waals surface area contributed by atoms with Crippen LogP contribution in [0.2, 0.25) is 0 Å². The number of esters is 1. The van der Waals surface area contributed by atoms with Crippen molar-refractivity contribution in [3.05, 3.63) is 21.7 Å². The van der Waals surface area contributed by atoms with E-state index in [1.165, 1.54) is 24.2 Å². The molecule has 0 saturated carbocycles. The molecule has 1 aromatic rings. The zero-order chi connectivity index (χ0) is 15.2. The number of hydrogen-bond acceptors (Lipinski definition) is 6. The van der Waals surface area contributed by atoms with Gasteiger partial charge in [-0.2, -0.15) is 4.98 Å². The lowest BCUT2D eigenvalue weighted by atomic mass is 9.97. The van der Waals surface area contributed by atoms with Crippen molar-refractivity contribution in [2.45, 2.75) is 44.4 Å². The van der Waals surface area contributed by atoms with Crippen LogP contribution in [0.1, 0.15) is 31.0 Å². The Labute approximate surface area is 127 Å². The van der Waals surface area contributed by atoms with Gasteiger partial charge in [0.25, 0.3) is 0 Å². The van der Waals surface area contributed by atoms with E-state index in [0.29, 0.717) is 0 Å². The number of carbonyl (C=O) groups is 1. The van der Waals surface area contributed by atoms with Gasteiger partial charge in [0, 0.05) is 18.2 Å². The van der Waals surface area contributed by atoms with E-state index in [9.17, 15) is 9.59 Å². The van der Waals surface area contributed by atoms with E-state index >= 15 is 0 Å². The van der Waals surface area contributed by atoms with Crippen LogP contribution >= 0.6 is 11.8 Å². The van der Waals surface area contributed by atoms with Gasteiger partial charge in [0.2, 0.25) is 0 Å². The number of nitrogens with zero attached hydrogens (tertiary/aromatic N) is 2. The van der Waals surface area contributed by atoms with Crippen LogP contribution in [0.5, 0.6) is 0 Å². The molecule has 0 atom stereocenters. The second-order valence-electron chi connectivity index (χ2n) is 4.84. The molecule has 0 unspecified atom stereocenters. The van der Waals surface area contributed by atoms with Crippen LogP contribution in [-0.2, 0) is 33.8 Å². The fraction of sp³-hybridized carbons (Fsp3) is 0.643. The lowest BCUT2D eigenvalue weighted by Crippen LogP contribution is -2.31. The van der Waals surface area contributed by atoms with Gasteiger partial charge in [-0.05, 0) is 31.9 Å². The summed E-state index contributed by atoms with van der Waals surface area (Å²) >= 11 is 1.52. The molecule has 0 fully saturated rings.